The number of hydrogen-bond acceptors (Lipinski definition) is 9. The van der Waals surface area contributed by atoms with Gasteiger partial charge in [0, 0.05) is 25.3 Å². The zero-order chi connectivity index (χ0) is 32.3. The SMILES string of the molecule is CN.Cc1ncc2c(F)c(F)c(NC3CCCC3)c(F)c2n1.Nc1nc(N)c2c(F)c(F)c(N3CCC(F)CC3)c(F)c2n1. The second-order valence-electron chi connectivity index (χ2n) is 10.3. The first-order valence-corrected chi connectivity index (χ1v) is 13.9. The number of piperidine rings is 1. The normalized spacial score (nSPS) is 15.6. The standard InChI is InChI=1S/C14H14F3N3.C13H13F4N5.CH5N/c1-7-18-6-9-10(15)11(16)14(12(17)13(9)19-7)20-8-4-2-3-5-8;14-5-1-3-22(4-2-5)11-8(16)7(15)6-10(9(11)17)20-13(19)21-12(6)18;1-2/h6,8,20H,2-5H2,1H3;5H,1-4H2,(H4,18,19,20,21);2H2,1H3. The second kappa shape index (κ2) is 13.6. The number of nitrogens with two attached hydrogens (primary N) is 3. The van der Waals surface area contributed by atoms with Crippen molar-refractivity contribution >= 4 is 44.9 Å². The van der Waals surface area contributed by atoms with Crippen molar-refractivity contribution in [3.8, 4) is 0 Å². The van der Waals surface area contributed by atoms with Gasteiger partial charge in [0.2, 0.25) is 5.95 Å². The summed E-state index contributed by atoms with van der Waals surface area (Å²) in [5, 5.41) is 2.00. The van der Waals surface area contributed by atoms with Gasteiger partial charge in [-0.05, 0) is 39.7 Å². The number of nitrogens with zero attached hydrogens (tertiary/aromatic N) is 5. The van der Waals surface area contributed by atoms with Crippen LogP contribution in [-0.2, 0) is 0 Å². The summed E-state index contributed by atoms with van der Waals surface area (Å²) in [5.41, 5.74) is 13.7. The van der Waals surface area contributed by atoms with Crippen molar-refractivity contribution in [3.05, 3.63) is 46.9 Å². The first-order valence-electron chi connectivity index (χ1n) is 13.9. The Bertz CT molecular complexity index is 1660. The molecule has 0 unspecified atom stereocenters. The molecule has 0 amide bonds. The fourth-order valence-electron chi connectivity index (χ4n) is 5.28. The number of nitrogen functional groups attached to an aromatic ring is 2. The van der Waals surface area contributed by atoms with Crippen LogP contribution in [0.1, 0.15) is 44.3 Å². The fourth-order valence-corrected chi connectivity index (χ4v) is 5.28. The molecule has 2 aromatic carbocycles. The molecule has 1 saturated heterocycles. The molecule has 3 heterocycles. The van der Waals surface area contributed by atoms with Crippen LogP contribution in [0.15, 0.2) is 6.20 Å². The van der Waals surface area contributed by atoms with Crippen LogP contribution in [0, 0.1) is 41.8 Å². The molecule has 7 N–H and O–H groups in total. The Kier molecular flexibility index (Phi) is 10.1. The first kappa shape index (κ1) is 32.7. The van der Waals surface area contributed by atoms with Crippen LogP contribution in [0.4, 0.5) is 53.9 Å². The number of alkyl halides is 1. The van der Waals surface area contributed by atoms with E-state index < -0.39 is 69.2 Å². The highest BCUT2D eigenvalue weighted by Crippen LogP contribution is 2.36. The lowest BCUT2D eigenvalue weighted by atomic mass is 10.1. The summed E-state index contributed by atoms with van der Waals surface area (Å²) >= 11 is 0. The first-order chi connectivity index (χ1) is 21.0. The largest absolute Gasteiger partial charge is 0.383 e. The topological polar surface area (TPSA) is 145 Å². The highest BCUT2D eigenvalue weighted by molar-refractivity contribution is 5.92. The lowest BCUT2D eigenvalue weighted by Crippen LogP contribution is -2.35. The number of nitrogens with one attached hydrogen (secondary N) is 1. The number of aryl methyl sites for hydroxylation is 1. The molecule has 1 saturated carbocycles. The van der Waals surface area contributed by atoms with Crippen LogP contribution in [-0.4, -0.2) is 52.3 Å². The molecule has 0 bridgehead atoms. The van der Waals surface area contributed by atoms with Gasteiger partial charge in [-0.3, -0.25) is 0 Å². The number of rotatable bonds is 3. The van der Waals surface area contributed by atoms with Crippen LogP contribution < -0.4 is 27.4 Å². The molecule has 6 rings (SSSR count). The molecule has 16 heteroatoms. The molecule has 1 aliphatic carbocycles. The molecule has 2 fully saturated rings. The third-order valence-corrected chi connectivity index (χ3v) is 7.42. The number of aromatic nitrogens is 4. The highest BCUT2D eigenvalue weighted by atomic mass is 19.2. The Morgan fingerprint density at radius 2 is 1.41 bits per heavy atom. The summed E-state index contributed by atoms with van der Waals surface area (Å²) in [7, 11) is 1.50. The minimum atomic E-state index is -1.39. The molecule has 238 valence electrons. The van der Waals surface area contributed by atoms with Gasteiger partial charge in [0.15, 0.2) is 34.9 Å². The van der Waals surface area contributed by atoms with E-state index in [1.165, 1.54) is 11.9 Å². The van der Waals surface area contributed by atoms with Crippen molar-refractivity contribution in [2.24, 2.45) is 5.73 Å². The highest BCUT2D eigenvalue weighted by Gasteiger charge is 2.30. The molecule has 9 nitrogen and oxygen atoms in total. The summed E-state index contributed by atoms with van der Waals surface area (Å²) in [6, 6.07) is -0.0150. The van der Waals surface area contributed by atoms with E-state index in [0.717, 1.165) is 31.9 Å². The Hall–Kier alpha value is -4.21. The number of halogens is 7. The minimum Gasteiger partial charge on any atom is -0.383 e. The summed E-state index contributed by atoms with van der Waals surface area (Å²) in [5.74, 6) is -7.43. The Labute approximate surface area is 248 Å². The monoisotopic (exact) mass is 627 g/mol. The third-order valence-electron chi connectivity index (χ3n) is 7.42. The maximum absolute atomic E-state index is 14.6. The molecule has 2 aliphatic rings. The van der Waals surface area contributed by atoms with Crippen LogP contribution in [0.3, 0.4) is 0 Å². The van der Waals surface area contributed by atoms with Gasteiger partial charge in [-0.15, -0.1) is 0 Å². The van der Waals surface area contributed by atoms with Crippen molar-refractivity contribution in [2.45, 2.75) is 57.7 Å². The van der Waals surface area contributed by atoms with Crippen molar-refractivity contribution in [1.29, 1.82) is 0 Å². The maximum Gasteiger partial charge on any atom is 0.222 e. The van der Waals surface area contributed by atoms with E-state index in [1.807, 2.05) is 0 Å². The van der Waals surface area contributed by atoms with Gasteiger partial charge >= 0.3 is 0 Å². The summed E-state index contributed by atoms with van der Waals surface area (Å²) in [4.78, 5) is 16.0. The van der Waals surface area contributed by atoms with Crippen molar-refractivity contribution in [3.63, 3.8) is 0 Å². The molecule has 0 radical (unpaired) electrons. The van der Waals surface area contributed by atoms with Gasteiger partial charge < -0.3 is 27.4 Å². The number of benzene rings is 2. The summed E-state index contributed by atoms with van der Waals surface area (Å²) < 4.78 is 98.6. The minimum absolute atomic E-state index is 0.0150. The number of hydrogen-bond donors (Lipinski definition) is 4. The Morgan fingerprint density at radius 3 is 2.05 bits per heavy atom. The van der Waals surface area contributed by atoms with E-state index in [2.05, 4.69) is 31.0 Å². The van der Waals surface area contributed by atoms with Gasteiger partial charge in [-0.25, -0.2) is 45.7 Å². The van der Waals surface area contributed by atoms with Gasteiger partial charge in [0.25, 0.3) is 0 Å². The molecule has 0 atom stereocenters. The van der Waals surface area contributed by atoms with E-state index in [4.69, 9.17) is 11.5 Å². The summed E-state index contributed by atoms with van der Waals surface area (Å²) in [6.45, 7) is 1.73. The predicted octanol–water partition coefficient (Wildman–Crippen LogP) is 5.43. The molecule has 44 heavy (non-hydrogen) atoms. The molecular formula is C28H32F7N9. The quantitative estimate of drug-likeness (QED) is 0.173. The van der Waals surface area contributed by atoms with E-state index in [9.17, 15) is 30.7 Å². The van der Waals surface area contributed by atoms with Gasteiger partial charge in [-0.2, -0.15) is 4.98 Å². The fraction of sp³-hybridized carbons (Fsp3) is 0.429. The number of fused-ring (bicyclic) bond motifs is 2. The van der Waals surface area contributed by atoms with Gasteiger partial charge in [-0.1, -0.05) is 12.8 Å². The van der Waals surface area contributed by atoms with E-state index in [-0.39, 0.29) is 48.8 Å². The van der Waals surface area contributed by atoms with E-state index >= 15 is 0 Å². The molecule has 4 aromatic rings. The van der Waals surface area contributed by atoms with Crippen LogP contribution in [0.2, 0.25) is 0 Å². The maximum atomic E-state index is 14.6. The van der Waals surface area contributed by atoms with Crippen molar-refractivity contribution < 1.29 is 30.7 Å². The summed E-state index contributed by atoms with van der Waals surface area (Å²) in [6.07, 6.45) is 4.01. The van der Waals surface area contributed by atoms with Crippen molar-refractivity contribution in [2.75, 3.05) is 41.8 Å². The van der Waals surface area contributed by atoms with Gasteiger partial charge in [0.1, 0.15) is 40.2 Å². The lowest BCUT2D eigenvalue weighted by Gasteiger charge is -2.31. The molecule has 1 aliphatic heterocycles. The second-order valence-corrected chi connectivity index (χ2v) is 10.3. The molecule has 2 aromatic heterocycles. The van der Waals surface area contributed by atoms with Crippen LogP contribution in [0.5, 0.6) is 0 Å². The third kappa shape index (κ3) is 6.34. The average Bonchev–Trinajstić information content (AvgIpc) is 3.52. The zero-order valence-electron chi connectivity index (χ0n) is 24.0. The Balaban J connectivity index is 0.000000191. The Morgan fingerprint density at radius 1 is 0.773 bits per heavy atom. The van der Waals surface area contributed by atoms with Crippen molar-refractivity contribution in [1.82, 2.24) is 19.9 Å². The van der Waals surface area contributed by atoms with Crippen LogP contribution in [0.25, 0.3) is 21.8 Å². The molecule has 0 spiro atoms. The number of anilines is 4. The van der Waals surface area contributed by atoms with E-state index in [1.54, 1.807) is 6.92 Å². The predicted molar refractivity (Wildman–Crippen MR) is 155 cm³/mol. The molecular weight excluding hydrogens is 595 g/mol. The zero-order valence-corrected chi connectivity index (χ0v) is 24.0. The van der Waals surface area contributed by atoms with Crippen LogP contribution >= 0.6 is 0 Å². The lowest BCUT2D eigenvalue weighted by molar-refractivity contribution is 0.275. The average molecular weight is 628 g/mol. The van der Waals surface area contributed by atoms with E-state index in [0.29, 0.717) is 5.82 Å². The smallest absolute Gasteiger partial charge is 0.222 e. The van der Waals surface area contributed by atoms with Gasteiger partial charge in [0.05, 0.1) is 10.8 Å².